The molecule has 0 heterocycles. The van der Waals surface area contributed by atoms with Crippen LogP contribution in [0.5, 0.6) is 0 Å². The zero-order valence-electron chi connectivity index (χ0n) is 9.55. The Morgan fingerprint density at radius 1 is 1.33 bits per heavy atom. The highest BCUT2D eigenvalue weighted by Crippen LogP contribution is 2.16. The summed E-state index contributed by atoms with van der Waals surface area (Å²) in [5.41, 5.74) is 6.95. The SMILES string of the molecule is CC(NCC(C)(C)N)c1ccc(Cl)cc1. The molecule has 0 amide bonds. The van der Waals surface area contributed by atoms with Gasteiger partial charge in [0.2, 0.25) is 0 Å². The Kier molecular flexibility index (Phi) is 4.14. The Balaban J connectivity index is 2.54. The van der Waals surface area contributed by atoms with Crippen LogP contribution in [0.2, 0.25) is 5.02 Å². The minimum atomic E-state index is -0.180. The molecule has 1 aromatic carbocycles. The van der Waals surface area contributed by atoms with Crippen molar-refractivity contribution in [2.24, 2.45) is 5.73 Å². The Morgan fingerprint density at radius 3 is 2.33 bits per heavy atom. The average molecular weight is 227 g/mol. The number of rotatable bonds is 4. The van der Waals surface area contributed by atoms with Gasteiger partial charge in [0.15, 0.2) is 0 Å². The van der Waals surface area contributed by atoms with Gasteiger partial charge in [-0.1, -0.05) is 23.7 Å². The van der Waals surface area contributed by atoms with Gasteiger partial charge in [-0.3, -0.25) is 0 Å². The molecule has 1 aromatic rings. The van der Waals surface area contributed by atoms with Crippen LogP contribution in [0.4, 0.5) is 0 Å². The third-order valence-corrected chi connectivity index (χ3v) is 2.49. The van der Waals surface area contributed by atoms with Crippen molar-refractivity contribution in [2.45, 2.75) is 32.4 Å². The largest absolute Gasteiger partial charge is 0.324 e. The van der Waals surface area contributed by atoms with Gasteiger partial charge >= 0.3 is 0 Å². The van der Waals surface area contributed by atoms with Crippen molar-refractivity contribution in [3.8, 4) is 0 Å². The van der Waals surface area contributed by atoms with Crippen molar-refractivity contribution in [3.05, 3.63) is 34.9 Å². The molecule has 3 heteroatoms. The molecule has 0 aliphatic carbocycles. The summed E-state index contributed by atoms with van der Waals surface area (Å²) in [5, 5.41) is 4.16. The van der Waals surface area contributed by atoms with Gasteiger partial charge in [0.1, 0.15) is 0 Å². The topological polar surface area (TPSA) is 38.0 Å². The molecule has 0 radical (unpaired) electrons. The van der Waals surface area contributed by atoms with E-state index in [1.165, 1.54) is 5.56 Å². The van der Waals surface area contributed by atoms with Gasteiger partial charge in [-0.2, -0.15) is 0 Å². The molecule has 1 rings (SSSR count). The van der Waals surface area contributed by atoms with Gasteiger partial charge in [-0.25, -0.2) is 0 Å². The van der Waals surface area contributed by atoms with Gasteiger partial charge in [-0.05, 0) is 38.5 Å². The Bertz CT molecular complexity index is 300. The van der Waals surface area contributed by atoms with Crippen molar-refractivity contribution in [1.82, 2.24) is 5.32 Å². The Morgan fingerprint density at radius 2 is 1.87 bits per heavy atom. The summed E-state index contributed by atoms with van der Waals surface area (Å²) in [7, 11) is 0. The normalized spacial score (nSPS) is 13.9. The van der Waals surface area contributed by atoms with Gasteiger partial charge < -0.3 is 11.1 Å². The molecule has 0 spiro atoms. The van der Waals surface area contributed by atoms with Crippen LogP contribution in [0, 0.1) is 0 Å². The molecule has 84 valence electrons. The molecule has 1 unspecified atom stereocenters. The van der Waals surface area contributed by atoms with E-state index in [-0.39, 0.29) is 5.54 Å². The molecular weight excluding hydrogens is 208 g/mol. The lowest BCUT2D eigenvalue weighted by molar-refractivity contribution is 0.434. The molecule has 0 aliphatic rings. The van der Waals surface area contributed by atoms with Gasteiger partial charge in [0, 0.05) is 23.1 Å². The minimum Gasteiger partial charge on any atom is -0.324 e. The van der Waals surface area contributed by atoms with Crippen LogP contribution in [-0.4, -0.2) is 12.1 Å². The summed E-state index contributed by atoms with van der Waals surface area (Å²) in [5.74, 6) is 0. The quantitative estimate of drug-likeness (QED) is 0.829. The minimum absolute atomic E-state index is 0.180. The predicted octanol–water partition coefficient (Wildman–Crippen LogP) is 2.73. The number of halogens is 1. The Hall–Kier alpha value is -0.570. The van der Waals surface area contributed by atoms with Crippen LogP contribution in [0.1, 0.15) is 32.4 Å². The third kappa shape index (κ3) is 4.65. The monoisotopic (exact) mass is 226 g/mol. The number of hydrogen-bond donors (Lipinski definition) is 2. The van der Waals surface area contributed by atoms with Crippen LogP contribution in [0.3, 0.4) is 0 Å². The van der Waals surface area contributed by atoms with E-state index in [0.717, 1.165) is 11.6 Å². The van der Waals surface area contributed by atoms with Crippen molar-refractivity contribution in [2.75, 3.05) is 6.54 Å². The van der Waals surface area contributed by atoms with Crippen LogP contribution >= 0.6 is 11.6 Å². The lowest BCUT2D eigenvalue weighted by Gasteiger charge is -2.23. The summed E-state index contributed by atoms with van der Waals surface area (Å²) in [6.45, 7) is 6.93. The van der Waals surface area contributed by atoms with E-state index in [4.69, 9.17) is 17.3 Å². The van der Waals surface area contributed by atoms with E-state index < -0.39 is 0 Å². The highest BCUT2D eigenvalue weighted by atomic mass is 35.5. The molecule has 0 fully saturated rings. The Labute approximate surface area is 96.8 Å². The molecule has 0 bridgehead atoms. The van der Waals surface area contributed by atoms with Crippen LogP contribution < -0.4 is 11.1 Å². The predicted molar refractivity (Wildman–Crippen MR) is 66.1 cm³/mol. The van der Waals surface area contributed by atoms with E-state index >= 15 is 0 Å². The van der Waals surface area contributed by atoms with E-state index in [2.05, 4.69) is 12.2 Å². The molecule has 3 N–H and O–H groups in total. The zero-order valence-corrected chi connectivity index (χ0v) is 10.3. The van der Waals surface area contributed by atoms with Crippen molar-refractivity contribution < 1.29 is 0 Å². The summed E-state index contributed by atoms with van der Waals surface area (Å²) in [6.07, 6.45) is 0. The number of nitrogens with two attached hydrogens (primary N) is 1. The molecule has 0 aliphatic heterocycles. The summed E-state index contributed by atoms with van der Waals surface area (Å²) in [6, 6.07) is 8.17. The number of hydrogen-bond acceptors (Lipinski definition) is 2. The van der Waals surface area contributed by atoms with E-state index in [1.54, 1.807) is 0 Å². The maximum atomic E-state index is 5.90. The molecule has 0 saturated heterocycles. The highest BCUT2D eigenvalue weighted by Gasteiger charge is 2.12. The van der Waals surface area contributed by atoms with Crippen LogP contribution in [-0.2, 0) is 0 Å². The van der Waals surface area contributed by atoms with Crippen molar-refractivity contribution in [3.63, 3.8) is 0 Å². The van der Waals surface area contributed by atoms with E-state index in [1.807, 2.05) is 38.1 Å². The van der Waals surface area contributed by atoms with E-state index in [9.17, 15) is 0 Å². The van der Waals surface area contributed by atoms with Gasteiger partial charge in [0.25, 0.3) is 0 Å². The molecule has 0 saturated carbocycles. The maximum Gasteiger partial charge on any atom is 0.0406 e. The number of benzene rings is 1. The lowest BCUT2D eigenvalue weighted by atomic mass is 10.0. The second kappa shape index (κ2) is 4.97. The fraction of sp³-hybridized carbons (Fsp3) is 0.500. The standard InChI is InChI=1S/C12H19ClN2/c1-9(15-8-12(2,3)14)10-4-6-11(13)7-5-10/h4-7,9,15H,8,14H2,1-3H3. The second-order valence-electron chi connectivity index (χ2n) is 4.64. The van der Waals surface area contributed by atoms with E-state index in [0.29, 0.717) is 6.04 Å². The second-order valence-corrected chi connectivity index (χ2v) is 5.08. The fourth-order valence-electron chi connectivity index (χ4n) is 1.29. The summed E-state index contributed by atoms with van der Waals surface area (Å²) in [4.78, 5) is 0. The molecule has 0 aromatic heterocycles. The third-order valence-electron chi connectivity index (χ3n) is 2.23. The highest BCUT2D eigenvalue weighted by molar-refractivity contribution is 6.30. The van der Waals surface area contributed by atoms with Crippen molar-refractivity contribution in [1.29, 1.82) is 0 Å². The molecule has 15 heavy (non-hydrogen) atoms. The summed E-state index contributed by atoms with van der Waals surface area (Å²) >= 11 is 5.83. The molecule has 2 nitrogen and oxygen atoms in total. The lowest BCUT2D eigenvalue weighted by Crippen LogP contribution is -2.43. The molecule has 1 atom stereocenters. The molecular formula is C12H19ClN2. The first-order valence-electron chi connectivity index (χ1n) is 5.16. The maximum absolute atomic E-state index is 5.90. The number of nitrogens with one attached hydrogen (secondary N) is 1. The zero-order chi connectivity index (χ0) is 11.5. The van der Waals surface area contributed by atoms with Crippen LogP contribution in [0.15, 0.2) is 24.3 Å². The first-order chi connectivity index (χ1) is 6.88. The van der Waals surface area contributed by atoms with Gasteiger partial charge in [0.05, 0.1) is 0 Å². The summed E-state index contributed by atoms with van der Waals surface area (Å²) < 4.78 is 0. The first-order valence-corrected chi connectivity index (χ1v) is 5.54. The smallest absolute Gasteiger partial charge is 0.0406 e. The average Bonchev–Trinajstić information content (AvgIpc) is 2.14. The van der Waals surface area contributed by atoms with Crippen LogP contribution in [0.25, 0.3) is 0 Å². The van der Waals surface area contributed by atoms with Crippen molar-refractivity contribution >= 4 is 11.6 Å². The fourth-order valence-corrected chi connectivity index (χ4v) is 1.41. The first kappa shape index (κ1) is 12.5. The van der Waals surface area contributed by atoms with Gasteiger partial charge in [-0.15, -0.1) is 0 Å².